The van der Waals surface area contributed by atoms with Crippen molar-refractivity contribution in [2.75, 3.05) is 12.4 Å². The van der Waals surface area contributed by atoms with Crippen LogP contribution in [0.25, 0.3) is 0 Å². The van der Waals surface area contributed by atoms with Crippen LogP contribution in [-0.2, 0) is 9.59 Å². The number of nitrogens with one attached hydrogen (secondary N) is 2. The highest BCUT2D eigenvalue weighted by Gasteiger charge is 2.38. The highest BCUT2D eigenvalue weighted by molar-refractivity contribution is 6.42. The fraction of sp³-hybridized carbons (Fsp3) is 0.250. The minimum Gasteiger partial charge on any atom is -0.495 e. The maximum atomic E-state index is 13.5. The van der Waals surface area contributed by atoms with Crippen molar-refractivity contribution in [2.24, 2.45) is 0 Å². The molecule has 0 radical (unpaired) electrons. The third-order valence-electron chi connectivity index (χ3n) is 5.65. The molecule has 2 aromatic carbocycles. The molecule has 0 saturated heterocycles. The molecular formula is C24H22Cl2N2O3. The smallest absolute Gasteiger partial charge is 0.254 e. The molecule has 0 aromatic heterocycles. The molecule has 1 aliphatic heterocycles. The molecule has 2 aliphatic rings. The summed E-state index contributed by atoms with van der Waals surface area (Å²) in [5.41, 5.74) is 3.98. The van der Waals surface area contributed by atoms with Crippen LogP contribution in [0.2, 0.25) is 10.0 Å². The number of carbonyl (C=O) groups excluding carboxylic acids is 2. The van der Waals surface area contributed by atoms with E-state index in [2.05, 4.69) is 10.6 Å². The van der Waals surface area contributed by atoms with Crippen LogP contribution >= 0.6 is 23.2 Å². The predicted molar refractivity (Wildman–Crippen MR) is 123 cm³/mol. The second-order valence-corrected chi connectivity index (χ2v) is 8.41. The van der Waals surface area contributed by atoms with E-state index in [9.17, 15) is 9.59 Å². The summed E-state index contributed by atoms with van der Waals surface area (Å²) in [6.45, 7) is 1.85. The van der Waals surface area contributed by atoms with Gasteiger partial charge in [-0.25, -0.2) is 0 Å². The van der Waals surface area contributed by atoms with Gasteiger partial charge in [0.2, 0.25) is 0 Å². The monoisotopic (exact) mass is 456 g/mol. The van der Waals surface area contributed by atoms with Crippen molar-refractivity contribution in [3.63, 3.8) is 0 Å². The number of allylic oxidation sites excluding steroid dienone is 3. The van der Waals surface area contributed by atoms with Gasteiger partial charge in [-0.1, -0.05) is 41.4 Å². The summed E-state index contributed by atoms with van der Waals surface area (Å²) in [6, 6.07) is 12.4. The number of para-hydroxylation sites is 2. The van der Waals surface area contributed by atoms with Crippen molar-refractivity contribution >= 4 is 40.6 Å². The zero-order chi connectivity index (χ0) is 22.1. The maximum Gasteiger partial charge on any atom is 0.254 e. The molecule has 5 nitrogen and oxygen atoms in total. The lowest BCUT2D eigenvalue weighted by molar-refractivity contribution is -0.116. The molecule has 0 saturated carbocycles. The Hall–Kier alpha value is -2.76. The molecule has 31 heavy (non-hydrogen) atoms. The number of Topliss-reactive ketones (excluding diaryl/α,β-unsaturated/α-hetero) is 1. The van der Waals surface area contributed by atoms with Gasteiger partial charge < -0.3 is 15.4 Å². The largest absolute Gasteiger partial charge is 0.495 e. The van der Waals surface area contributed by atoms with Crippen LogP contribution < -0.4 is 15.4 Å². The molecule has 2 N–H and O–H groups in total. The number of dihydropyridines is 1. The van der Waals surface area contributed by atoms with E-state index in [0.717, 1.165) is 24.1 Å². The first kappa shape index (κ1) is 21.5. The third-order valence-corrected chi connectivity index (χ3v) is 6.39. The molecule has 0 fully saturated rings. The molecule has 160 valence electrons. The Kier molecular flexibility index (Phi) is 6.08. The number of anilines is 1. The van der Waals surface area contributed by atoms with Crippen LogP contribution in [0.5, 0.6) is 5.75 Å². The molecule has 4 rings (SSSR count). The average Bonchev–Trinajstić information content (AvgIpc) is 2.75. The number of benzene rings is 2. The highest BCUT2D eigenvalue weighted by Crippen LogP contribution is 2.43. The maximum absolute atomic E-state index is 13.5. The average molecular weight is 457 g/mol. The van der Waals surface area contributed by atoms with Crippen LogP contribution in [0.1, 0.15) is 37.7 Å². The van der Waals surface area contributed by atoms with Crippen molar-refractivity contribution in [3.05, 3.63) is 80.6 Å². The Morgan fingerprint density at radius 3 is 2.65 bits per heavy atom. The van der Waals surface area contributed by atoms with E-state index in [4.69, 9.17) is 27.9 Å². The Morgan fingerprint density at radius 2 is 1.90 bits per heavy atom. The van der Waals surface area contributed by atoms with Gasteiger partial charge in [0.1, 0.15) is 5.75 Å². The second kappa shape index (κ2) is 8.77. The fourth-order valence-corrected chi connectivity index (χ4v) is 4.55. The molecule has 7 heteroatoms. The zero-order valence-corrected chi connectivity index (χ0v) is 18.7. The number of carbonyl (C=O) groups is 2. The van der Waals surface area contributed by atoms with E-state index in [1.54, 1.807) is 31.4 Å². The van der Waals surface area contributed by atoms with Crippen molar-refractivity contribution in [2.45, 2.75) is 32.1 Å². The van der Waals surface area contributed by atoms with E-state index >= 15 is 0 Å². The predicted octanol–water partition coefficient (Wildman–Crippen LogP) is 5.61. The first-order valence-corrected chi connectivity index (χ1v) is 10.8. The molecule has 1 atom stereocenters. The van der Waals surface area contributed by atoms with Gasteiger partial charge in [-0.3, -0.25) is 9.59 Å². The Morgan fingerprint density at radius 1 is 1.13 bits per heavy atom. The van der Waals surface area contributed by atoms with Gasteiger partial charge in [-0.05, 0) is 49.6 Å². The van der Waals surface area contributed by atoms with Gasteiger partial charge in [0.25, 0.3) is 5.91 Å². The van der Waals surface area contributed by atoms with Crippen LogP contribution in [0, 0.1) is 0 Å². The van der Waals surface area contributed by atoms with E-state index in [1.807, 2.05) is 25.1 Å². The molecule has 1 aliphatic carbocycles. The van der Waals surface area contributed by atoms with Crippen molar-refractivity contribution < 1.29 is 14.3 Å². The third kappa shape index (κ3) is 4.08. The zero-order valence-electron chi connectivity index (χ0n) is 17.2. The van der Waals surface area contributed by atoms with E-state index in [1.165, 1.54) is 0 Å². The molecular weight excluding hydrogens is 435 g/mol. The number of ketones is 1. The van der Waals surface area contributed by atoms with Gasteiger partial charge in [0, 0.05) is 34.9 Å². The number of hydrogen-bond acceptors (Lipinski definition) is 4. The lowest BCUT2D eigenvalue weighted by Crippen LogP contribution is -2.35. The van der Waals surface area contributed by atoms with Gasteiger partial charge in [-0.2, -0.15) is 0 Å². The lowest BCUT2D eigenvalue weighted by Gasteiger charge is -2.34. The number of amides is 1. The number of rotatable bonds is 4. The number of hydrogen-bond donors (Lipinski definition) is 2. The molecule has 1 heterocycles. The summed E-state index contributed by atoms with van der Waals surface area (Å²) in [6.07, 6.45) is 2.01. The summed E-state index contributed by atoms with van der Waals surface area (Å²) >= 11 is 12.4. The highest BCUT2D eigenvalue weighted by atomic mass is 35.5. The molecule has 1 amide bonds. The molecule has 0 unspecified atom stereocenters. The van der Waals surface area contributed by atoms with Gasteiger partial charge in [-0.15, -0.1) is 0 Å². The summed E-state index contributed by atoms with van der Waals surface area (Å²) < 4.78 is 5.36. The second-order valence-electron chi connectivity index (χ2n) is 7.59. The number of ether oxygens (including phenoxy) is 1. The summed E-state index contributed by atoms with van der Waals surface area (Å²) in [4.78, 5) is 26.5. The fourth-order valence-electron chi connectivity index (χ4n) is 4.25. The number of methoxy groups -OCH3 is 1. The van der Waals surface area contributed by atoms with Gasteiger partial charge in [0.05, 0.1) is 22.8 Å². The van der Waals surface area contributed by atoms with Crippen molar-refractivity contribution in [3.8, 4) is 5.75 Å². The van der Waals surface area contributed by atoms with Crippen LogP contribution in [0.15, 0.2) is 65.0 Å². The van der Waals surface area contributed by atoms with Crippen LogP contribution in [0.4, 0.5) is 5.69 Å². The molecule has 2 aromatic rings. The lowest BCUT2D eigenvalue weighted by atomic mass is 9.75. The Labute approximate surface area is 191 Å². The summed E-state index contributed by atoms with van der Waals surface area (Å²) in [5, 5.41) is 7.05. The normalized spacial score (nSPS) is 18.5. The summed E-state index contributed by atoms with van der Waals surface area (Å²) in [5.74, 6) is -0.249. The first-order chi connectivity index (χ1) is 14.9. The molecule has 0 bridgehead atoms. The Balaban J connectivity index is 1.81. The van der Waals surface area contributed by atoms with E-state index in [0.29, 0.717) is 44.7 Å². The topological polar surface area (TPSA) is 67.4 Å². The Bertz CT molecular complexity index is 1140. The van der Waals surface area contributed by atoms with Crippen molar-refractivity contribution in [1.29, 1.82) is 0 Å². The standard InChI is InChI=1S/C24H22Cl2N2O3/c1-13-21(24(30)28-17-6-3-4-9-20(17)31-2)22(14-10-11-15(25)16(26)12-14)23-18(27-13)7-5-8-19(23)29/h3-4,6,9-12,22,27H,5,7-8H2,1-2H3,(H,28,30)/t22-/m1/s1. The van der Waals surface area contributed by atoms with E-state index < -0.39 is 5.92 Å². The quantitative estimate of drug-likeness (QED) is 0.627. The summed E-state index contributed by atoms with van der Waals surface area (Å²) in [7, 11) is 1.55. The van der Waals surface area contributed by atoms with Crippen molar-refractivity contribution in [1.82, 2.24) is 5.32 Å². The van der Waals surface area contributed by atoms with Gasteiger partial charge >= 0.3 is 0 Å². The minimum absolute atomic E-state index is 0.0416. The van der Waals surface area contributed by atoms with Crippen LogP contribution in [-0.4, -0.2) is 18.8 Å². The van der Waals surface area contributed by atoms with E-state index in [-0.39, 0.29) is 11.7 Å². The first-order valence-electron chi connectivity index (χ1n) is 10.0. The molecule has 0 spiro atoms. The SMILES string of the molecule is COc1ccccc1NC(=O)C1=C(C)NC2=C(C(=O)CCC2)[C@@H]1c1ccc(Cl)c(Cl)c1. The van der Waals surface area contributed by atoms with Crippen LogP contribution in [0.3, 0.4) is 0 Å². The van der Waals surface area contributed by atoms with Gasteiger partial charge in [0.15, 0.2) is 5.78 Å². The number of halogens is 2. The minimum atomic E-state index is -0.534.